The fourth-order valence-corrected chi connectivity index (χ4v) is 4.26. The average Bonchev–Trinajstić information content (AvgIpc) is 2.20. The molecule has 1 fully saturated rings. The van der Waals surface area contributed by atoms with Gasteiger partial charge in [0.2, 0.25) is 0 Å². The minimum Gasteiger partial charge on any atom is -0.134 e. The van der Waals surface area contributed by atoms with Crippen LogP contribution in [0.5, 0.6) is 0 Å². The van der Waals surface area contributed by atoms with Crippen molar-refractivity contribution in [3.63, 3.8) is 0 Å². The summed E-state index contributed by atoms with van der Waals surface area (Å²) in [5, 5.41) is 0. The van der Waals surface area contributed by atoms with E-state index in [2.05, 4.69) is 28.7 Å². The van der Waals surface area contributed by atoms with Crippen molar-refractivity contribution in [3.8, 4) is 0 Å². The summed E-state index contributed by atoms with van der Waals surface area (Å²) in [5.74, 6) is 1.95. The molecule has 1 aromatic heterocycles. The fourth-order valence-electron chi connectivity index (χ4n) is 2.11. The van der Waals surface area contributed by atoms with Crippen LogP contribution in [0.15, 0.2) is 6.07 Å². The maximum absolute atomic E-state index is 2.43. The molecule has 0 aliphatic heterocycles. The number of thiophene rings is 1. The van der Waals surface area contributed by atoms with Crippen LogP contribution in [-0.4, -0.2) is 0 Å². The molecule has 1 aromatic rings. The van der Waals surface area contributed by atoms with Gasteiger partial charge in [0, 0.05) is 4.88 Å². The number of halogens is 1. The molecule has 0 nitrogen and oxygen atoms in total. The molecule has 0 saturated heterocycles. The van der Waals surface area contributed by atoms with Gasteiger partial charge in [-0.15, -0.1) is 11.3 Å². The largest absolute Gasteiger partial charge is 0.134 e. The first-order valence-corrected chi connectivity index (χ1v) is 5.53. The van der Waals surface area contributed by atoms with Crippen molar-refractivity contribution in [3.05, 3.63) is 19.4 Å². The van der Waals surface area contributed by atoms with E-state index in [0.29, 0.717) is 0 Å². The van der Waals surface area contributed by atoms with Gasteiger partial charge in [-0.1, -0.05) is 0 Å². The highest BCUT2D eigenvalue weighted by Gasteiger charge is 2.42. The van der Waals surface area contributed by atoms with E-state index >= 15 is 0 Å². The van der Waals surface area contributed by atoms with Crippen molar-refractivity contribution in [1.82, 2.24) is 0 Å². The maximum atomic E-state index is 2.43. The van der Waals surface area contributed by atoms with Crippen molar-refractivity contribution in [1.29, 1.82) is 0 Å². The van der Waals surface area contributed by atoms with Gasteiger partial charge in [-0.25, -0.2) is 0 Å². The van der Waals surface area contributed by atoms with Gasteiger partial charge in [0.05, 0.1) is 2.88 Å². The van der Waals surface area contributed by atoms with Crippen LogP contribution in [0.2, 0.25) is 0 Å². The Hall–Kier alpha value is 0.430. The first-order chi connectivity index (χ1) is 4.84. The van der Waals surface area contributed by atoms with Crippen molar-refractivity contribution >= 4 is 33.9 Å². The summed E-state index contributed by atoms with van der Waals surface area (Å²) in [5.41, 5.74) is 1.69. The summed E-state index contributed by atoms with van der Waals surface area (Å²) in [6.45, 7) is 0. The van der Waals surface area contributed by atoms with Crippen LogP contribution in [0.25, 0.3) is 0 Å². The van der Waals surface area contributed by atoms with Gasteiger partial charge in [0.25, 0.3) is 0 Å². The van der Waals surface area contributed by atoms with Crippen LogP contribution in [0.4, 0.5) is 0 Å². The van der Waals surface area contributed by atoms with Gasteiger partial charge < -0.3 is 0 Å². The lowest BCUT2D eigenvalue weighted by molar-refractivity contribution is 0.407. The third kappa shape index (κ3) is 0.576. The molecule has 0 atom stereocenters. The van der Waals surface area contributed by atoms with Gasteiger partial charge in [-0.3, -0.25) is 0 Å². The number of hydrogen-bond donors (Lipinski definition) is 0. The monoisotopic (exact) mass is 262 g/mol. The minimum atomic E-state index is 0.972. The van der Waals surface area contributed by atoms with Gasteiger partial charge in [-0.2, -0.15) is 0 Å². The van der Waals surface area contributed by atoms with E-state index in [9.17, 15) is 0 Å². The predicted octanol–water partition coefficient (Wildman–Crippen LogP) is 3.33. The van der Waals surface area contributed by atoms with E-state index in [0.717, 1.165) is 11.8 Å². The summed E-state index contributed by atoms with van der Waals surface area (Å²) in [7, 11) is 0. The first-order valence-electron chi connectivity index (χ1n) is 3.63. The van der Waals surface area contributed by atoms with Crippen LogP contribution in [0, 0.1) is 2.88 Å². The van der Waals surface area contributed by atoms with E-state index < -0.39 is 0 Å². The van der Waals surface area contributed by atoms with E-state index in [1.54, 1.807) is 10.4 Å². The molecule has 0 amide bonds. The van der Waals surface area contributed by atoms with Crippen molar-refractivity contribution in [2.75, 3.05) is 0 Å². The normalized spacial score (nSPS) is 33.7. The topological polar surface area (TPSA) is 0 Å². The van der Waals surface area contributed by atoms with E-state index in [1.807, 2.05) is 11.3 Å². The lowest BCUT2D eigenvalue weighted by Gasteiger charge is -2.23. The molecule has 2 bridgehead atoms. The zero-order chi connectivity index (χ0) is 6.72. The highest BCUT2D eigenvalue weighted by molar-refractivity contribution is 14.1. The van der Waals surface area contributed by atoms with Gasteiger partial charge in [0.1, 0.15) is 0 Å². The molecule has 0 N–H and O–H groups in total. The SMILES string of the molecule is Ic1cc2c(s1)C1CC2C1. The lowest BCUT2D eigenvalue weighted by atomic mass is 9.82. The summed E-state index contributed by atoms with van der Waals surface area (Å²) in [4.78, 5) is 1.72. The quantitative estimate of drug-likeness (QED) is 0.629. The molecule has 10 heavy (non-hydrogen) atoms. The molecule has 1 heterocycles. The Kier molecular flexibility index (Phi) is 1.07. The Labute approximate surface area is 77.8 Å². The molecular weight excluding hydrogens is 255 g/mol. The molecule has 0 unspecified atom stereocenters. The Morgan fingerprint density at radius 2 is 2.20 bits per heavy atom. The Morgan fingerprint density at radius 3 is 2.90 bits per heavy atom. The van der Waals surface area contributed by atoms with Gasteiger partial charge in [-0.05, 0) is 58.9 Å². The fraction of sp³-hybridized carbons (Fsp3) is 0.500. The van der Waals surface area contributed by atoms with Crippen LogP contribution in [0.1, 0.15) is 35.1 Å². The second kappa shape index (κ2) is 1.78. The van der Waals surface area contributed by atoms with Gasteiger partial charge >= 0.3 is 0 Å². The maximum Gasteiger partial charge on any atom is 0.0659 e. The summed E-state index contributed by atoms with van der Waals surface area (Å²) in [6.07, 6.45) is 2.94. The molecule has 3 aliphatic carbocycles. The summed E-state index contributed by atoms with van der Waals surface area (Å²) in [6, 6.07) is 2.39. The zero-order valence-corrected chi connectivity index (χ0v) is 8.41. The van der Waals surface area contributed by atoms with Crippen molar-refractivity contribution in [2.45, 2.75) is 24.7 Å². The van der Waals surface area contributed by atoms with E-state index in [4.69, 9.17) is 0 Å². The molecule has 0 spiro atoms. The molecule has 52 valence electrons. The molecule has 3 aliphatic rings. The van der Waals surface area contributed by atoms with Crippen LogP contribution in [0.3, 0.4) is 0 Å². The summed E-state index contributed by atoms with van der Waals surface area (Å²) >= 11 is 4.45. The minimum absolute atomic E-state index is 0.972. The highest BCUT2D eigenvalue weighted by atomic mass is 127. The molecule has 0 radical (unpaired) electrons. The molecule has 0 aromatic carbocycles. The average molecular weight is 262 g/mol. The summed E-state index contributed by atoms with van der Waals surface area (Å²) < 4.78 is 1.48. The van der Waals surface area contributed by atoms with Crippen LogP contribution >= 0.6 is 33.9 Å². The molecule has 2 heteroatoms. The second-order valence-corrected chi connectivity index (χ2v) is 6.21. The Bertz CT molecular complexity index is 258. The lowest BCUT2D eigenvalue weighted by Crippen LogP contribution is -2.07. The van der Waals surface area contributed by atoms with E-state index in [1.165, 1.54) is 15.7 Å². The molecule has 4 rings (SSSR count). The van der Waals surface area contributed by atoms with Crippen LogP contribution < -0.4 is 0 Å². The second-order valence-electron chi connectivity index (χ2n) is 3.24. The molecule has 1 saturated carbocycles. The van der Waals surface area contributed by atoms with E-state index in [-0.39, 0.29) is 0 Å². The van der Waals surface area contributed by atoms with Gasteiger partial charge in [0.15, 0.2) is 0 Å². The third-order valence-electron chi connectivity index (χ3n) is 2.71. The van der Waals surface area contributed by atoms with Crippen LogP contribution in [-0.2, 0) is 0 Å². The number of hydrogen-bond acceptors (Lipinski definition) is 1. The van der Waals surface area contributed by atoms with Crippen molar-refractivity contribution < 1.29 is 0 Å². The van der Waals surface area contributed by atoms with Crippen molar-refractivity contribution in [2.24, 2.45) is 0 Å². The Morgan fingerprint density at radius 1 is 1.40 bits per heavy atom. The number of rotatable bonds is 0. The highest BCUT2D eigenvalue weighted by Crippen LogP contribution is 2.60. The first kappa shape index (κ1) is 6.00. The smallest absolute Gasteiger partial charge is 0.0659 e. The zero-order valence-electron chi connectivity index (χ0n) is 5.43. The predicted molar refractivity (Wildman–Crippen MR) is 51.8 cm³/mol. The molecular formula is C8H7IS. The standard InChI is InChI=1S/C8H7IS/c9-7-3-6-4-1-5(2-4)8(6)10-7/h3-5H,1-2H2. The Balaban J connectivity index is 2.25. The third-order valence-corrected chi connectivity index (χ3v) is 4.78.